The molecule has 0 bridgehead atoms. The fraction of sp³-hybridized carbons (Fsp3) is 0.250. The number of pyridine rings is 1. The number of nitrogens with zero attached hydrogens (tertiary/aromatic N) is 1. The van der Waals surface area contributed by atoms with Gasteiger partial charge in [0.15, 0.2) is 0 Å². The molecule has 0 saturated heterocycles. The van der Waals surface area contributed by atoms with Crippen LogP contribution in [0.15, 0.2) is 42.7 Å². The van der Waals surface area contributed by atoms with Gasteiger partial charge in [0.05, 0.1) is 6.04 Å². The topological polar surface area (TPSA) is 68.0 Å². The van der Waals surface area contributed by atoms with Gasteiger partial charge >= 0.3 is 0 Å². The van der Waals surface area contributed by atoms with Crippen LogP contribution in [0.2, 0.25) is 10.0 Å². The molecule has 4 nitrogen and oxygen atoms in total. The third-order valence-corrected chi connectivity index (χ3v) is 3.81. The van der Waals surface area contributed by atoms with E-state index in [9.17, 15) is 4.79 Å². The summed E-state index contributed by atoms with van der Waals surface area (Å²) in [5, 5.41) is 3.90. The molecule has 1 aromatic carbocycles. The number of hydrogen-bond donors (Lipinski definition) is 2. The predicted molar refractivity (Wildman–Crippen MR) is 89.1 cm³/mol. The lowest BCUT2D eigenvalue weighted by Crippen LogP contribution is -2.42. The SMILES string of the molecule is N[C@H](Cc1ccc(Cl)cc1Cl)C(=O)NCCc1cccnc1. The standard InChI is InChI=1S/C16H17Cl2N3O/c17-13-4-3-12(14(18)9-13)8-15(19)16(22)21-7-5-11-2-1-6-20-10-11/h1-4,6,9-10,15H,5,7-8,19H2,(H,21,22)/t15-/m1/s1. The molecule has 3 N–H and O–H groups in total. The van der Waals surface area contributed by atoms with Crippen LogP contribution < -0.4 is 11.1 Å². The molecular weight excluding hydrogens is 321 g/mol. The van der Waals surface area contributed by atoms with Crippen molar-refractivity contribution in [3.8, 4) is 0 Å². The van der Waals surface area contributed by atoms with Gasteiger partial charge in [-0.15, -0.1) is 0 Å². The van der Waals surface area contributed by atoms with Gasteiger partial charge in [0.2, 0.25) is 5.91 Å². The minimum absolute atomic E-state index is 0.199. The zero-order chi connectivity index (χ0) is 15.9. The van der Waals surface area contributed by atoms with Gasteiger partial charge in [-0.25, -0.2) is 0 Å². The average molecular weight is 338 g/mol. The van der Waals surface area contributed by atoms with Crippen LogP contribution in [-0.4, -0.2) is 23.5 Å². The number of hydrogen-bond acceptors (Lipinski definition) is 3. The molecule has 0 aliphatic carbocycles. The quantitative estimate of drug-likeness (QED) is 0.851. The molecule has 22 heavy (non-hydrogen) atoms. The molecule has 1 aromatic heterocycles. The summed E-state index contributed by atoms with van der Waals surface area (Å²) < 4.78 is 0. The van der Waals surface area contributed by atoms with Crippen LogP contribution >= 0.6 is 23.2 Å². The lowest BCUT2D eigenvalue weighted by atomic mass is 10.1. The second-order valence-electron chi connectivity index (χ2n) is 4.95. The third kappa shape index (κ3) is 4.98. The van der Waals surface area contributed by atoms with Crippen molar-refractivity contribution in [3.05, 3.63) is 63.9 Å². The predicted octanol–water partition coefficient (Wildman–Crippen LogP) is 2.62. The van der Waals surface area contributed by atoms with E-state index in [4.69, 9.17) is 28.9 Å². The van der Waals surface area contributed by atoms with Crippen LogP contribution in [-0.2, 0) is 17.6 Å². The molecule has 1 amide bonds. The van der Waals surface area contributed by atoms with Crippen molar-refractivity contribution in [2.45, 2.75) is 18.9 Å². The molecular formula is C16H17Cl2N3O. The Morgan fingerprint density at radius 1 is 1.32 bits per heavy atom. The Kier molecular flexibility index (Phi) is 6.19. The van der Waals surface area contributed by atoms with Crippen molar-refractivity contribution in [1.82, 2.24) is 10.3 Å². The Hall–Kier alpha value is -1.62. The zero-order valence-corrected chi connectivity index (χ0v) is 13.4. The van der Waals surface area contributed by atoms with E-state index in [2.05, 4.69) is 10.3 Å². The van der Waals surface area contributed by atoms with E-state index in [0.29, 0.717) is 29.4 Å². The highest BCUT2D eigenvalue weighted by molar-refractivity contribution is 6.35. The number of carbonyl (C=O) groups excluding carboxylic acids is 1. The highest BCUT2D eigenvalue weighted by atomic mass is 35.5. The Balaban J connectivity index is 1.82. The molecule has 0 unspecified atom stereocenters. The van der Waals surface area contributed by atoms with Crippen LogP contribution in [0.4, 0.5) is 0 Å². The number of aromatic nitrogens is 1. The second-order valence-corrected chi connectivity index (χ2v) is 5.79. The van der Waals surface area contributed by atoms with Crippen molar-refractivity contribution < 1.29 is 4.79 Å². The summed E-state index contributed by atoms with van der Waals surface area (Å²) in [7, 11) is 0. The first-order chi connectivity index (χ1) is 10.6. The second kappa shape index (κ2) is 8.13. The minimum Gasteiger partial charge on any atom is -0.354 e. The molecule has 6 heteroatoms. The van der Waals surface area contributed by atoms with Gasteiger partial charge < -0.3 is 11.1 Å². The normalized spacial score (nSPS) is 12.0. The summed E-state index contributed by atoms with van der Waals surface area (Å²) >= 11 is 11.9. The number of halogens is 2. The Bertz CT molecular complexity index is 635. The molecule has 0 aliphatic rings. The number of nitrogens with one attached hydrogen (secondary N) is 1. The van der Waals surface area contributed by atoms with Crippen molar-refractivity contribution in [3.63, 3.8) is 0 Å². The maximum Gasteiger partial charge on any atom is 0.237 e. The van der Waals surface area contributed by atoms with E-state index >= 15 is 0 Å². The fourth-order valence-electron chi connectivity index (χ4n) is 2.02. The number of carbonyl (C=O) groups is 1. The van der Waals surface area contributed by atoms with Crippen LogP contribution in [0, 0.1) is 0 Å². The largest absolute Gasteiger partial charge is 0.354 e. The van der Waals surface area contributed by atoms with Crippen molar-refractivity contribution >= 4 is 29.1 Å². The first-order valence-corrected chi connectivity index (χ1v) is 7.68. The molecule has 0 spiro atoms. The number of rotatable bonds is 6. The molecule has 0 saturated carbocycles. The van der Waals surface area contributed by atoms with Crippen LogP contribution in [0.1, 0.15) is 11.1 Å². The van der Waals surface area contributed by atoms with E-state index in [-0.39, 0.29) is 5.91 Å². The molecule has 0 aliphatic heterocycles. The molecule has 2 rings (SSSR count). The average Bonchev–Trinajstić information content (AvgIpc) is 2.51. The van der Waals surface area contributed by atoms with Crippen molar-refractivity contribution in [2.75, 3.05) is 6.54 Å². The molecule has 2 aromatic rings. The van der Waals surface area contributed by atoms with E-state index in [1.165, 1.54) is 0 Å². The van der Waals surface area contributed by atoms with E-state index < -0.39 is 6.04 Å². The van der Waals surface area contributed by atoms with Crippen LogP contribution in [0.3, 0.4) is 0 Å². The first kappa shape index (κ1) is 16.7. The molecule has 0 fully saturated rings. The fourth-order valence-corrected chi connectivity index (χ4v) is 2.51. The Labute approximate surface area is 139 Å². The molecule has 1 atom stereocenters. The van der Waals surface area contributed by atoms with Gasteiger partial charge in [0.1, 0.15) is 0 Å². The summed E-state index contributed by atoms with van der Waals surface area (Å²) in [6.07, 6.45) is 4.58. The molecule has 116 valence electrons. The first-order valence-electron chi connectivity index (χ1n) is 6.92. The zero-order valence-electron chi connectivity index (χ0n) is 11.9. The van der Waals surface area contributed by atoms with Gasteiger partial charge in [-0.2, -0.15) is 0 Å². The smallest absolute Gasteiger partial charge is 0.237 e. The highest BCUT2D eigenvalue weighted by Gasteiger charge is 2.15. The van der Waals surface area contributed by atoms with E-state index in [0.717, 1.165) is 11.1 Å². The van der Waals surface area contributed by atoms with Crippen molar-refractivity contribution in [2.24, 2.45) is 5.73 Å². The maximum atomic E-state index is 12.0. The lowest BCUT2D eigenvalue weighted by molar-refractivity contribution is -0.122. The lowest BCUT2D eigenvalue weighted by Gasteiger charge is -2.13. The Morgan fingerprint density at radius 3 is 2.82 bits per heavy atom. The van der Waals surface area contributed by atoms with Gasteiger partial charge in [-0.05, 0) is 42.2 Å². The van der Waals surface area contributed by atoms with Gasteiger partial charge in [0.25, 0.3) is 0 Å². The van der Waals surface area contributed by atoms with Crippen LogP contribution in [0.25, 0.3) is 0 Å². The summed E-state index contributed by atoms with van der Waals surface area (Å²) in [5.74, 6) is -0.199. The van der Waals surface area contributed by atoms with Gasteiger partial charge in [-0.1, -0.05) is 35.3 Å². The van der Waals surface area contributed by atoms with Crippen molar-refractivity contribution in [1.29, 1.82) is 0 Å². The Morgan fingerprint density at radius 2 is 2.14 bits per heavy atom. The molecule has 0 radical (unpaired) electrons. The summed E-state index contributed by atoms with van der Waals surface area (Å²) in [6, 6.07) is 8.35. The number of benzene rings is 1. The summed E-state index contributed by atoms with van der Waals surface area (Å²) in [4.78, 5) is 16.0. The summed E-state index contributed by atoms with van der Waals surface area (Å²) in [5.41, 5.74) is 7.79. The third-order valence-electron chi connectivity index (χ3n) is 3.23. The van der Waals surface area contributed by atoms with E-state index in [1.54, 1.807) is 30.6 Å². The van der Waals surface area contributed by atoms with Gasteiger partial charge in [0, 0.05) is 29.0 Å². The summed E-state index contributed by atoms with van der Waals surface area (Å²) in [6.45, 7) is 0.520. The minimum atomic E-state index is -0.646. The van der Waals surface area contributed by atoms with Crippen LogP contribution in [0.5, 0.6) is 0 Å². The molecule has 1 heterocycles. The highest BCUT2D eigenvalue weighted by Crippen LogP contribution is 2.21. The monoisotopic (exact) mass is 337 g/mol. The van der Waals surface area contributed by atoms with Gasteiger partial charge in [-0.3, -0.25) is 9.78 Å². The number of nitrogens with two attached hydrogens (primary N) is 1. The van der Waals surface area contributed by atoms with E-state index in [1.807, 2.05) is 12.1 Å². The maximum absolute atomic E-state index is 12.0. The number of amides is 1.